The predicted octanol–water partition coefficient (Wildman–Crippen LogP) is 4.43. The highest BCUT2D eigenvalue weighted by molar-refractivity contribution is 7.99. The molecule has 0 atom stereocenters. The Morgan fingerprint density at radius 3 is 2.55 bits per heavy atom. The van der Waals surface area contributed by atoms with E-state index in [2.05, 4.69) is 21.6 Å². The molecule has 206 valence electrons. The third-order valence-corrected chi connectivity index (χ3v) is 7.49. The number of carbonyl (C=O) groups is 2. The molecule has 1 aliphatic rings. The van der Waals surface area contributed by atoms with E-state index in [1.165, 1.54) is 38.1 Å². The van der Waals surface area contributed by atoms with E-state index < -0.39 is 0 Å². The molecule has 9 nitrogen and oxygen atoms in total. The number of ether oxygens (including phenoxy) is 2. The highest BCUT2D eigenvalue weighted by Gasteiger charge is 2.24. The van der Waals surface area contributed by atoms with E-state index in [4.69, 9.17) is 9.47 Å². The van der Waals surface area contributed by atoms with Crippen LogP contribution < -0.4 is 19.7 Å². The Bertz CT molecular complexity index is 1530. The van der Waals surface area contributed by atoms with Gasteiger partial charge in [0, 0.05) is 23.5 Å². The summed E-state index contributed by atoms with van der Waals surface area (Å²) < 4.78 is 25.9. The molecule has 0 saturated carbocycles. The number of thioether (sulfide) groups is 1. The fraction of sp³-hybridized carbons (Fsp3) is 0.241. The highest BCUT2D eigenvalue weighted by Crippen LogP contribution is 2.30. The molecule has 0 fully saturated rings. The van der Waals surface area contributed by atoms with Crippen molar-refractivity contribution in [3.8, 4) is 17.2 Å². The lowest BCUT2D eigenvalue weighted by molar-refractivity contribution is -0.116. The third kappa shape index (κ3) is 5.79. The minimum Gasteiger partial charge on any atom is -0.493 e. The molecule has 1 aliphatic heterocycles. The van der Waals surface area contributed by atoms with Gasteiger partial charge in [-0.05, 0) is 66.9 Å². The second-order valence-electron chi connectivity index (χ2n) is 9.03. The summed E-state index contributed by atoms with van der Waals surface area (Å²) in [6.45, 7) is 0.708. The van der Waals surface area contributed by atoms with Crippen LogP contribution in [-0.4, -0.2) is 53.1 Å². The maximum Gasteiger partial charge on any atom is 0.251 e. The molecule has 0 bridgehead atoms. The molecule has 3 aromatic carbocycles. The molecule has 1 aromatic heterocycles. The number of halogens is 1. The van der Waals surface area contributed by atoms with Crippen LogP contribution in [0, 0.1) is 5.82 Å². The monoisotopic (exact) mass is 561 g/mol. The number of aromatic nitrogens is 3. The van der Waals surface area contributed by atoms with Gasteiger partial charge in [-0.25, -0.2) is 4.39 Å². The van der Waals surface area contributed by atoms with Crippen molar-refractivity contribution in [3.05, 3.63) is 89.5 Å². The molecule has 0 unspecified atom stereocenters. The lowest BCUT2D eigenvalue weighted by Crippen LogP contribution is -2.36. The first-order valence-corrected chi connectivity index (χ1v) is 13.7. The van der Waals surface area contributed by atoms with Crippen molar-refractivity contribution in [3.63, 3.8) is 0 Å². The summed E-state index contributed by atoms with van der Waals surface area (Å²) in [5.74, 6) is 0.763. The van der Waals surface area contributed by atoms with Crippen molar-refractivity contribution >= 4 is 29.3 Å². The minimum absolute atomic E-state index is 0.0332. The Kier molecular flexibility index (Phi) is 8.30. The van der Waals surface area contributed by atoms with Crippen molar-refractivity contribution in [2.24, 2.45) is 0 Å². The zero-order valence-corrected chi connectivity index (χ0v) is 22.9. The molecule has 0 aliphatic carbocycles. The summed E-state index contributed by atoms with van der Waals surface area (Å²) in [7, 11) is 3.02. The summed E-state index contributed by atoms with van der Waals surface area (Å²) in [6.07, 6.45) is 1.85. The Balaban J connectivity index is 1.34. The smallest absolute Gasteiger partial charge is 0.251 e. The first-order chi connectivity index (χ1) is 19.5. The zero-order valence-electron chi connectivity index (χ0n) is 22.1. The van der Waals surface area contributed by atoms with E-state index in [1.54, 1.807) is 34.9 Å². The number of carbonyl (C=O) groups excluding carboxylic acids is 2. The fourth-order valence-electron chi connectivity index (χ4n) is 4.59. The molecule has 0 radical (unpaired) electrons. The van der Waals surface area contributed by atoms with Gasteiger partial charge in [-0.2, -0.15) is 0 Å². The van der Waals surface area contributed by atoms with Crippen LogP contribution in [0.15, 0.2) is 71.9 Å². The van der Waals surface area contributed by atoms with E-state index in [0.29, 0.717) is 40.3 Å². The first kappa shape index (κ1) is 27.2. The molecule has 0 spiro atoms. The van der Waals surface area contributed by atoms with Crippen molar-refractivity contribution in [2.75, 3.05) is 31.4 Å². The van der Waals surface area contributed by atoms with E-state index in [9.17, 15) is 14.0 Å². The Morgan fingerprint density at radius 2 is 1.77 bits per heavy atom. The van der Waals surface area contributed by atoms with E-state index in [0.717, 1.165) is 24.1 Å². The largest absolute Gasteiger partial charge is 0.493 e. The minimum atomic E-state index is -0.381. The van der Waals surface area contributed by atoms with Gasteiger partial charge in [0.1, 0.15) is 5.82 Å². The van der Waals surface area contributed by atoms with Crippen LogP contribution in [0.25, 0.3) is 5.69 Å². The maximum absolute atomic E-state index is 13.7. The number of methoxy groups -OCH3 is 2. The molecule has 1 N–H and O–H groups in total. The normalized spacial score (nSPS) is 12.5. The third-order valence-electron chi connectivity index (χ3n) is 6.57. The summed E-state index contributed by atoms with van der Waals surface area (Å²) >= 11 is 1.24. The number of hydrogen-bond acceptors (Lipinski definition) is 7. The van der Waals surface area contributed by atoms with Crippen LogP contribution in [0.4, 0.5) is 10.1 Å². The molecule has 5 rings (SSSR count). The fourth-order valence-corrected chi connectivity index (χ4v) is 5.44. The van der Waals surface area contributed by atoms with Crippen molar-refractivity contribution in [1.29, 1.82) is 0 Å². The van der Waals surface area contributed by atoms with Crippen LogP contribution in [0.5, 0.6) is 11.5 Å². The quantitative estimate of drug-likeness (QED) is 0.302. The van der Waals surface area contributed by atoms with Gasteiger partial charge >= 0.3 is 0 Å². The maximum atomic E-state index is 13.7. The Labute approximate surface area is 235 Å². The molecular weight excluding hydrogens is 533 g/mol. The number of nitrogens with one attached hydrogen (secondary N) is 1. The average Bonchev–Trinajstić information content (AvgIpc) is 3.40. The van der Waals surface area contributed by atoms with E-state index >= 15 is 0 Å². The topological polar surface area (TPSA) is 98.6 Å². The van der Waals surface area contributed by atoms with E-state index in [1.807, 2.05) is 23.1 Å². The molecule has 40 heavy (non-hydrogen) atoms. The van der Waals surface area contributed by atoms with Crippen LogP contribution in [0.3, 0.4) is 0 Å². The Hall–Kier alpha value is -4.38. The summed E-state index contributed by atoms with van der Waals surface area (Å²) in [4.78, 5) is 27.9. The standard InChI is InChI=1S/C29H28FN5O4S/c1-38-24-14-9-20(16-25(24)39-2)28(37)31-17-26-32-33-29(35(26)22-12-10-21(30)11-13-22)40-18-27(36)34-15-5-7-19-6-3-4-8-23(19)34/h3-4,6,8-14,16H,5,7,15,17-18H2,1-2H3,(H,31,37). The van der Waals surface area contributed by atoms with Crippen molar-refractivity contribution in [2.45, 2.75) is 24.5 Å². The van der Waals surface area contributed by atoms with Gasteiger partial charge < -0.3 is 19.7 Å². The molecule has 11 heteroatoms. The second-order valence-corrected chi connectivity index (χ2v) is 9.97. The van der Waals surface area contributed by atoms with Crippen molar-refractivity contribution in [1.82, 2.24) is 20.1 Å². The average molecular weight is 562 g/mol. The second kappa shape index (κ2) is 12.2. The van der Waals surface area contributed by atoms with Crippen LogP contribution in [-0.2, 0) is 17.8 Å². The number of anilines is 1. The molecular formula is C29H28FN5O4S. The summed E-state index contributed by atoms with van der Waals surface area (Å²) in [6, 6.07) is 18.7. The lowest BCUT2D eigenvalue weighted by Gasteiger charge is -2.29. The number of aryl methyl sites for hydroxylation is 1. The van der Waals surface area contributed by atoms with Crippen molar-refractivity contribution < 1.29 is 23.5 Å². The summed E-state index contributed by atoms with van der Waals surface area (Å²) in [5.41, 5.74) is 3.10. The van der Waals surface area contributed by atoms with Gasteiger partial charge in [0.25, 0.3) is 5.91 Å². The lowest BCUT2D eigenvalue weighted by atomic mass is 10.0. The first-order valence-electron chi connectivity index (χ1n) is 12.7. The molecule has 0 saturated heterocycles. The number of hydrogen-bond donors (Lipinski definition) is 1. The predicted molar refractivity (Wildman–Crippen MR) is 150 cm³/mol. The van der Waals surface area contributed by atoms with Gasteiger partial charge in [0.05, 0.1) is 26.5 Å². The van der Waals surface area contributed by atoms with Crippen LogP contribution >= 0.6 is 11.8 Å². The van der Waals surface area contributed by atoms with Gasteiger partial charge in [0.15, 0.2) is 22.5 Å². The van der Waals surface area contributed by atoms with Crippen LogP contribution in [0.1, 0.15) is 28.2 Å². The SMILES string of the molecule is COc1ccc(C(=O)NCc2nnc(SCC(=O)N3CCCc4ccccc43)n2-c2ccc(F)cc2)cc1OC. The zero-order chi connectivity index (χ0) is 28.1. The number of amides is 2. The number of fused-ring (bicyclic) bond motifs is 1. The molecule has 2 amide bonds. The highest BCUT2D eigenvalue weighted by atomic mass is 32.2. The van der Waals surface area contributed by atoms with E-state index in [-0.39, 0.29) is 29.9 Å². The Morgan fingerprint density at radius 1 is 1.00 bits per heavy atom. The number of nitrogens with zero attached hydrogens (tertiary/aromatic N) is 4. The number of rotatable bonds is 9. The number of para-hydroxylation sites is 1. The van der Waals surface area contributed by atoms with Gasteiger partial charge in [-0.1, -0.05) is 30.0 Å². The van der Waals surface area contributed by atoms with Gasteiger partial charge in [-0.3, -0.25) is 14.2 Å². The van der Waals surface area contributed by atoms with Crippen LogP contribution in [0.2, 0.25) is 0 Å². The van der Waals surface area contributed by atoms with Gasteiger partial charge in [-0.15, -0.1) is 10.2 Å². The molecule has 2 heterocycles. The summed E-state index contributed by atoms with van der Waals surface area (Å²) in [5, 5.41) is 11.9. The van der Waals surface area contributed by atoms with Gasteiger partial charge in [0.2, 0.25) is 5.91 Å². The molecule has 4 aromatic rings. The number of benzene rings is 3.